The average molecular weight is 471 g/mol. The fourth-order valence-corrected chi connectivity index (χ4v) is 4.17. The molecule has 0 radical (unpaired) electrons. The van der Waals surface area contributed by atoms with Gasteiger partial charge in [0, 0.05) is 36.8 Å². The Labute approximate surface area is 191 Å². The van der Waals surface area contributed by atoms with E-state index in [0.717, 1.165) is 46.3 Å². The molecule has 4 rings (SSSR count). The number of hydrogen-bond donors (Lipinski definition) is 2. The number of likely N-dealkylation sites (N-methyl/N-ethyl adjacent to an activating group) is 1. The zero-order chi connectivity index (χ0) is 23.6. The molecule has 0 unspecified atom stereocenters. The maximum Gasteiger partial charge on any atom is 0.471 e. The lowest BCUT2D eigenvalue weighted by Crippen LogP contribution is -2.32. The largest absolute Gasteiger partial charge is 0.471 e. The number of aryl methyl sites for hydroxylation is 2. The number of carbonyl (C=O) groups excluding carboxylic acids is 1. The van der Waals surface area contributed by atoms with E-state index in [-0.39, 0.29) is 12.6 Å². The Balaban J connectivity index is 1.42. The summed E-state index contributed by atoms with van der Waals surface area (Å²) >= 11 is 0. The highest BCUT2D eigenvalue weighted by molar-refractivity contribution is 7.46. The van der Waals surface area contributed by atoms with Gasteiger partial charge >= 0.3 is 7.82 Å². The highest BCUT2D eigenvalue weighted by Crippen LogP contribution is 2.37. The first-order valence-electron chi connectivity index (χ1n) is 10.6. The van der Waals surface area contributed by atoms with Gasteiger partial charge in [-0.2, -0.15) is 0 Å². The fraction of sp³-hybridized carbons (Fsp3) is 0.304. The molecule has 9 nitrogen and oxygen atoms in total. The summed E-state index contributed by atoms with van der Waals surface area (Å²) in [6, 6.07) is 9.73. The van der Waals surface area contributed by atoms with Crippen LogP contribution in [-0.2, 0) is 26.8 Å². The monoisotopic (exact) mass is 471 g/mol. The minimum absolute atomic E-state index is 0.163. The molecule has 3 aromatic rings. The van der Waals surface area contributed by atoms with E-state index in [1.54, 1.807) is 29.1 Å². The van der Waals surface area contributed by atoms with Gasteiger partial charge in [0.05, 0.1) is 6.54 Å². The van der Waals surface area contributed by atoms with Crippen LogP contribution in [-0.4, -0.2) is 45.9 Å². The summed E-state index contributed by atoms with van der Waals surface area (Å²) in [4.78, 5) is 38.2. The lowest BCUT2D eigenvalue weighted by atomic mass is 10.0. The van der Waals surface area contributed by atoms with Gasteiger partial charge in [-0.3, -0.25) is 9.32 Å². The van der Waals surface area contributed by atoms with Crippen LogP contribution in [0.5, 0.6) is 0 Å². The Hall–Kier alpha value is -2.97. The van der Waals surface area contributed by atoms with Gasteiger partial charge in [0.15, 0.2) is 0 Å². The molecule has 3 heterocycles. The summed E-state index contributed by atoms with van der Waals surface area (Å²) in [5.74, 6) is 1.23. The number of para-hydroxylation sites is 1. The van der Waals surface area contributed by atoms with Crippen LogP contribution in [0, 0.1) is 6.92 Å². The summed E-state index contributed by atoms with van der Waals surface area (Å²) in [5.41, 5.74) is 3.55. The maximum absolute atomic E-state index is 12.6. The van der Waals surface area contributed by atoms with Crippen LogP contribution in [0.4, 0.5) is 5.82 Å². The molecule has 0 aliphatic carbocycles. The first-order chi connectivity index (χ1) is 15.7. The highest BCUT2D eigenvalue weighted by Gasteiger charge is 2.22. The Morgan fingerprint density at radius 1 is 1.36 bits per heavy atom. The third-order valence-electron chi connectivity index (χ3n) is 5.64. The zero-order valence-electron chi connectivity index (χ0n) is 18.5. The lowest BCUT2D eigenvalue weighted by molar-refractivity contribution is -0.125. The number of phosphoric acid groups is 1. The third kappa shape index (κ3) is 5.51. The summed E-state index contributed by atoms with van der Waals surface area (Å²) in [6.07, 6.45) is 6.43. The van der Waals surface area contributed by atoms with Gasteiger partial charge < -0.3 is 24.0 Å². The summed E-state index contributed by atoms with van der Waals surface area (Å²) < 4.78 is 21.5. The molecule has 33 heavy (non-hydrogen) atoms. The molecule has 0 atom stereocenters. The molecule has 1 aromatic carbocycles. The minimum atomic E-state index is -4.55. The number of nitrogens with zero attached hydrogens (tertiary/aromatic N) is 3. The van der Waals surface area contributed by atoms with Crippen molar-refractivity contribution in [3.8, 4) is 0 Å². The van der Waals surface area contributed by atoms with Gasteiger partial charge in [-0.05, 0) is 49.1 Å². The normalized spacial score (nSPS) is 14.1. The van der Waals surface area contributed by atoms with Gasteiger partial charge in [0.25, 0.3) is 0 Å². The first kappa shape index (κ1) is 23.2. The number of furan rings is 1. The Kier molecular flexibility index (Phi) is 6.67. The topological polar surface area (TPSA) is 116 Å². The van der Waals surface area contributed by atoms with Crippen LogP contribution in [0.2, 0.25) is 0 Å². The van der Waals surface area contributed by atoms with Crippen molar-refractivity contribution in [1.82, 2.24) is 9.88 Å². The standard InChI is InChI=1S/C23H26N3O6P/c1-16-19-7-3-4-8-20(19)32-21(16)14-25(2)22(27)10-9-17-12-18-6-5-11-26(23(18)24-13-17)15-31-33(28,29)30/h3-4,7-10,12-13H,5-6,11,14-15H2,1-2H3,(H2,28,29,30). The van der Waals surface area contributed by atoms with Crippen LogP contribution in [0.25, 0.3) is 17.0 Å². The van der Waals surface area contributed by atoms with E-state index in [4.69, 9.17) is 14.2 Å². The average Bonchev–Trinajstić information content (AvgIpc) is 3.10. The molecule has 0 spiro atoms. The Bertz CT molecular complexity index is 1250. The van der Waals surface area contributed by atoms with Gasteiger partial charge in [0.2, 0.25) is 5.91 Å². The molecule has 1 amide bonds. The smallest absolute Gasteiger partial charge is 0.459 e. The molecule has 0 saturated carbocycles. The third-order valence-corrected chi connectivity index (χ3v) is 6.09. The molecule has 2 aromatic heterocycles. The number of carbonyl (C=O) groups is 1. The SMILES string of the molecule is Cc1c(CN(C)C(=O)C=Cc2cnc3c(c2)CCCN3COP(=O)(O)O)oc2ccccc12. The van der Waals surface area contributed by atoms with Gasteiger partial charge in [-0.15, -0.1) is 0 Å². The van der Waals surface area contributed by atoms with Gasteiger partial charge in [-0.1, -0.05) is 18.2 Å². The zero-order valence-corrected chi connectivity index (χ0v) is 19.4. The van der Waals surface area contributed by atoms with E-state index in [1.807, 2.05) is 37.3 Å². The van der Waals surface area contributed by atoms with Crippen LogP contribution in [0.1, 0.15) is 28.9 Å². The second-order valence-corrected chi connectivity index (χ2v) is 9.28. The van der Waals surface area contributed by atoms with Crippen molar-refractivity contribution in [3.05, 3.63) is 65.1 Å². The molecule has 1 aliphatic rings. The number of phosphoric ester groups is 1. The Morgan fingerprint density at radius 3 is 2.91 bits per heavy atom. The number of pyridine rings is 1. The molecule has 2 N–H and O–H groups in total. The van der Waals surface area contributed by atoms with Crippen molar-refractivity contribution in [3.63, 3.8) is 0 Å². The summed E-state index contributed by atoms with van der Waals surface area (Å²) in [5, 5.41) is 1.05. The molecule has 174 valence electrons. The number of fused-ring (bicyclic) bond motifs is 2. The lowest BCUT2D eigenvalue weighted by Gasteiger charge is -2.29. The number of hydrogen-bond acceptors (Lipinski definition) is 6. The number of benzene rings is 1. The number of amides is 1. The molecule has 0 bridgehead atoms. The van der Waals surface area contributed by atoms with Crippen molar-refractivity contribution in [1.29, 1.82) is 0 Å². The minimum Gasteiger partial charge on any atom is -0.459 e. The molecule has 0 fully saturated rings. The first-order valence-corrected chi connectivity index (χ1v) is 12.1. The van der Waals surface area contributed by atoms with E-state index < -0.39 is 7.82 Å². The maximum atomic E-state index is 12.6. The predicted octanol–water partition coefficient (Wildman–Crippen LogP) is 3.63. The van der Waals surface area contributed by atoms with E-state index in [9.17, 15) is 9.36 Å². The number of aromatic nitrogens is 1. The second kappa shape index (κ2) is 9.49. The van der Waals surface area contributed by atoms with Crippen LogP contribution in [0.3, 0.4) is 0 Å². The molecule has 1 aliphatic heterocycles. The predicted molar refractivity (Wildman–Crippen MR) is 124 cm³/mol. The molecule has 0 saturated heterocycles. The molecular formula is C23H26N3O6P. The number of anilines is 1. The quantitative estimate of drug-likeness (QED) is 0.396. The highest BCUT2D eigenvalue weighted by atomic mass is 31.2. The fourth-order valence-electron chi connectivity index (χ4n) is 3.88. The Morgan fingerprint density at radius 2 is 2.15 bits per heavy atom. The van der Waals surface area contributed by atoms with E-state index >= 15 is 0 Å². The number of rotatable bonds is 7. The van der Waals surface area contributed by atoms with E-state index in [1.165, 1.54) is 6.08 Å². The summed E-state index contributed by atoms with van der Waals surface area (Å²) in [6.45, 7) is 2.71. The van der Waals surface area contributed by atoms with E-state index in [0.29, 0.717) is 18.9 Å². The van der Waals surface area contributed by atoms with Crippen molar-refractivity contribution in [2.45, 2.75) is 26.3 Å². The van der Waals surface area contributed by atoms with Crippen molar-refractivity contribution in [2.24, 2.45) is 0 Å². The van der Waals surface area contributed by atoms with E-state index in [2.05, 4.69) is 9.51 Å². The summed E-state index contributed by atoms with van der Waals surface area (Å²) in [7, 11) is -2.83. The second-order valence-electron chi connectivity index (χ2n) is 8.04. The van der Waals surface area contributed by atoms with Crippen molar-refractivity contribution >= 4 is 36.6 Å². The van der Waals surface area contributed by atoms with Crippen LogP contribution in [0.15, 0.2) is 47.0 Å². The van der Waals surface area contributed by atoms with Crippen molar-refractivity contribution < 1.29 is 28.1 Å². The van der Waals surface area contributed by atoms with Gasteiger partial charge in [0.1, 0.15) is 23.9 Å². The van der Waals surface area contributed by atoms with Crippen LogP contribution < -0.4 is 4.90 Å². The molecule has 10 heteroatoms. The van der Waals surface area contributed by atoms with Gasteiger partial charge in [-0.25, -0.2) is 9.55 Å². The molecular weight excluding hydrogens is 445 g/mol. The van der Waals surface area contributed by atoms with Crippen LogP contribution >= 0.6 is 7.82 Å². The van der Waals surface area contributed by atoms with Crippen molar-refractivity contribution in [2.75, 3.05) is 25.2 Å².